The molecule has 1 heterocycles. The quantitative estimate of drug-likeness (QED) is 0.259. The maximum absolute atomic E-state index is 3.67. The van der Waals surface area contributed by atoms with Gasteiger partial charge < -0.3 is 5.32 Å². The standard InChI is InChI=1S/C35H23NS/c1-2-10-24-21-25(18-17-23(24)9-1)36-26-19-20-32-34(22-26)37-33-16-8-7-15-31(33)35(32)29-13-5-3-11-27(29)28-12-4-6-14-30(28)35/h1-22,36H. The van der Waals surface area contributed by atoms with Gasteiger partial charge in [0.1, 0.15) is 0 Å². The summed E-state index contributed by atoms with van der Waals surface area (Å²) in [5, 5.41) is 6.17. The van der Waals surface area contributed by atoms with E-state index < -0.39 is 0 Å². The molecular formula is C35H23NS. The zero-order chi connectivity index (χ0) is 24.4. The van der Waals surface area contributed by atoms with Gasteiger partial charge in [-0.3, -0.25) is 0 Å². The Kier molecular flexibility index (Phi) is 4.44. The Morgan fingerprint density at radius 3 is 1.78 bits per heavy atom. The molecule has 0 fully saturated rings. The maximum atomic E-state index is 3.67. The van der Waals surface area contributed by atoms with E-state index in [4.69, 9.17) is 0 Å². The third-order valence-corrected chi connectivity index (χ3v) is 9.02. The van der Waals surface area contributed by atoms with Gasteiger partial charge in [0.15, 0.2) is 0 Å². The molecule has 0 bridgehead atoms. The molecule has 2 heteroatoms. The molecule has 0 aromatic heterocycles. The SMILES string of the molecule is c1ccc2c(c1)Sc1cc(Nc3ccc4ccccc4c3)ccc1C21c2ccccc2-c2ccccc21. The van der Waals surface area contributed by atoms with Crippen molar-refractivity contribution in [1.82, 2.24) is 0 Å². The molecule has 37 heavy (non-hydrogen) atoms. The first-order valence-electron chi connectivity index (χ1n) is 12.7. The van der Waals surface area contributed by atoms with E-state index in [-0.39, 0.29) is 5.41 Å². The Hall–Kier alpha value is -4.27. The monoisotopic (exact) mass is 489 g/mol. The summed E-state index contributed by atoms with van der Waals surface area (Å²) in [6, 6.07) is 48.9. The molecule has 1 N–H and O–H groups in total. The van der Waals surface area contributed by atoms with Gasteiger partial charge in [-0.1, -0.05) is 115 Å². The van der Waals surface area contributed by atoms with E-state index in [1.165, 1.54) is 53.9 Å². The lowest BCUT2D eigenvalue weighted by molar-refractivity contribution is 0.722. The van der Waals surface area contributed by atoms with Crippen molar-refractivity contribution >= 4 is 33.9 Å². The van der Waals surface area contributed by atoms with Crippen LogP contribution in [0.3, 0.4) is 0 Å². The maximum Gasteiger partial charge on any atom is 0.0735 e. The molecule has 8 rings (SSSR count). The van der Waals surface area contributed by atoms with Crippen molar-refractivity contribution in [3.05, 3.63) is 156 Å². The minimum atomic E-state index is -0.314. The molecule has 0 saturated heterocycles. The molecule has 1 nitrogen and oxygen atoms in total. The van der Waals surface area contributed by atoms with Crippen LogP contribution in [0.4, 0.5) is 11.4 Å². The number of hydrogen-bond donors (Lipinski definition) is 1. The van der Waals surface area contributed by atoms with Crippen LogP contribution in [0.1, 0.15) is 22.3 Å². The molecule has 0 unspecified atom stereocenters. The van der Waals surface area contributed by atoms with E-state index in [1.54, 1.807) is 0 Å². The van der Waals surface area contributed by atoms with Crippen LogP contribution >= 0.6 is 11.8 Å². The average molecular weight is 490 g/mol. The number of fused-ring (bicyclic) bond motifs is 10. The highest BCUT2D eigenvalue weighted by Crippen LogP contribution is 2.62. The summed E-state index contributed by atoms with van der Waals surface area (Å²) < 4.78 is 0. The van der Waals surface area contributed by atoms with Crippen molar-refractivity contribution < 1.29 is 0 Å². The lowest BCUT2D eigenvalue weighted by Gasteiger charge is -2.39. The number of rotatable bonds is 2. The molecule has 174 valence electrons. The van der Waals surface area contributed by atoms with Crippen molar-refractivity contribution in [2.75, 3.05) is 5.32 Å². The Bertz CT molecular complexity index is 1810. The lowest BCUT2D eigenvalue weighted by atomic mass is 9.67. The third kappa shape index (κ3) is 2.94. The van der Waals surface area contributed by atoms with Gasteiger partial charge in [0.2, 0.25) is 0 Å². The van der Waals surface area contributed by atoms with Crippen LogP contribution in [0.25, 0.3) is 21.9 Å². The zero-order valence-electron chi connectivity index (χ0n) is 20.1. The number of nitrogens with one attached hydrogen (secondary N) is 1. The first-order valence-corrected chi connectivity index (χ1v) is 13.5. The van der Waals surface area contributed by atoms with Crippen molar-refractivity contribution in [3.63, 3.8) is 0 Å². The number of anilines is 2. The molecule has 0 saturated carbocycles. The second-order valence-electron chi connectivity index (χ2n) is 9.84. The largest absolute Gasteiger partial charge is 0.355 e. The normalized spacial score (nSPS) is 14.1. The fraction of sp³-hybridized carbons (Fsp3) is 0.0286. The van der Waals surface area contributed by atoms with E-state index in [1.807, 2.05) is 11.8 Å². The second-order valence-corrected chi connectivity index (χ2v) is 10.9. The lowest BCUT2D eigenvalue weighted by Crippen LogP contribution is -2.31. The Morgan fingerprint density at radius 1 is 0.432 bits per heavy atom. The van der Waals surface area contributed by atoms with Gasteiger partial charge in [0.05, 0.1) is 5.41 Å². The average Bonchev–Trinajstić information content (AvgIpc) is 3.24. The van der Waals surface area contributed by atoms with E-state index in [9.17, 15) is 0 Å². The highest BCUT2D eigenvalue weighted by atomic mass is 32.2. The highest BCUT2D eigenvalue weighted by molar-refractivity contribution is 7.99. The van der Waals surface area contributed by atoms with Crippen LogP contribution < -0.4 is 5.32 Å². The summed E-state index contributed by atoms with van der Waals surface area (Å²) in [5.41, 5.74) is 10.1. The van der Waals surface area contributed by atoms with Gasteiger partial charge in [0.25, 0.3) is 0 Å². The second kappa shape index (κ2) is 7.86. The van der Waals surface area contributed by atoms with Crippen molar-refractivity contribution in [2.24, 2.45) is 0 Å². The number of hydrogen-bond acceptors (Lipinski definition) is 2. The highest BCUT2D eigenvalue weighted by Gasteiger charge is 2.49. The molecule has 2 aliphatic rings. The first-order chi connectivity index (χ1) is 18.3. The van der Waals surface area contributed by atoms with Crippen molar-refractivity contribution in [2.45, 2.75) is 15.2 Å². The van der Waals surface area contributed by atoms with E-state index in [0.29, 0.717) is 0 Å². The van der Waals surface area contributed by atoms with Gasteiger partial charge in [-0.25, -0.2) is 0 Å². The first kappa shape index (κ1) is 20.9. The van der Waals surface area contributed by atoms with Crippen LogP contribution in [0.5, 0.6) is 0 Å². The van der Waals surface area contributed by atoms with Gasteiger partial charge >= 0.3 is 0 Å². The van der Waals surface area contributed by atoms with Crippen LogP contribution in [0, 0.1) is 0 Å². The third-order valence-electron chi connectivity index (χ3n) is 7.89. The fourth-order valence-electron chi connectivity index (χ4n) is 6.37. The Morgan fingerprint density at radius 2 is 1.00 bits per heavy atom. The molecule has 6 aromatic rings. The molecule has 0 amide bonds. The van der Waals surface area contributed by atoms with E-state index in [0.717, 1.165) is 11.4 Å². The van der Waals surface area contributed by atoms with Crippen LogP contribution in [-0.2, 0) is 5.41 Å². The molecule has 6 aromatic carbocycles. The topological polar surface area (TPSA) is 12.0 Å². The predicted octanol–water partition coefficient (Wildman–Crippen LogP) is 9.41. The van der Waals surface area contributed by atoms with Gasteiger partial charge in [0, 0.05) is 21.2 Å². The van der Waals surface area contributed by atoms with E-state index in [2.05, 4.69) is 139 Å². The van der Waals surface area contributed by atoms with Gasteiger partial charge in [-0.2, -0.15) is 0 Å². The fourth-order valence-corrected chi connectivity index (χ4v) is 7.60. The zero-order valence-corrected chi connectivity index (χ0v) is 20.9. The van der Waals surface area contributed by atoms with Gasteiger partial charge in [-0.15, -0.1) is 0 Å². The van der Waals surface area contributed by atoms with Crippen molar-refractivity contribution in [3.8, 4) is 11.1 Å². The van der Waals surface area contributed by atoms with E-state index >= 15 is 0 Å². The predicted molar refractivity (Wildman–Crippen MR) is 155 cm³/mol. The summed E-state index contributed by atoms with van der Waals surface area (Å²) in [6.07, 6.45) is 0. The summed E-state index contributed by atoms with van der Waals surface area (Å²) >= 11 is 1.88. The smallest absolute Gasteiger partial charge is 0.0735 e. The molecule has 1 spiro atoms. The Labute approximate surface area is 220 Å². The van der Waals surface area contributed by atoms with Gasteiger partial charge in [-0.05, 0) is 74.5 Å². The molecule has 1 aliphatic heterocycles. The molecule has 1 aliphatic carbocycles. The van der Waals surface area contributed by atoms with Crippen LogP contribution in [-0.4, -0.2) is 0 Å². The summed E-state index contributed by atoms with van der Waals surface area (Å²) in [5.74, 6) is 0. The minimum absolute atomic E-state index is 0.314. The Balaban J connectivity index is 1.33. The number of benzene rings is 6. The summed E-state index contributed by atoms with van der Waals surface area (Å²) in [7, 11) is 0. The van der Waals surface area contributed by atoms with Crippen LogP contribution in [0.2, 0.25) is 0 Å². The molecular weight excluding hydrogens is 466 g/mol. The minimum Gasteiger partial charge on any atom is -0.355 e. The molecule has 0 radical (unpaired) electrons. The van der Waals surface area contributed by atoms with Crippen molar-refractivity contribution in [1.29, 1.82) is 0 Å². The molecule has 0 atom stereocenters. The van der Waals surface area contributed by atoms with Crippen LogP contribution in [0.15, 0.2) is 143 Å². The summed E-state index contributed by atoms with van der Waals surface area (Å²) in [4.78, 5) is 2.63. The summed E-state index contributed by atoms with van der Waals surface area (Å²) in [6.45, 7) is 0.